The fourth-order valence-corrected chi connectivity index (χ4v) is 5.81. The first-order valence-electron chi connectivity index (χ1n) is 14.3. The van der Waals surface area contributed by atoms with Gasteiger partial charge in [-0.15, -0.1) is 0 Å². The van der Waals surface area contributed by atoms with Crippen molar-refractivity contribution in [3.8, 4) is 0 Å². The molecule has 2 amide bonds. The Hall–Kier alpha value is -3.31. The molecule has 0 aromatic heterocycles. The lowest BCUT2D eigenvalue weighted by Crippen LogP contribution is -2.34. The predicted molar refractivity (Wildman–Crippen MR) is 162 cm³/mol. The minimum Gasteiger partial charge on any atom is -0.376 e. The molecular weight excluding hydrogens is 506 g/mol. The molecular formula is C33H42ClN3O2. The number of para-hydroxylation sites is 1. The van der Waals surface area contributed by atoms with Crippen LogP contribution >= 0.6 is 11.6 Å². The Bertz CT molecular complexity index is 1140. The van der Waals surface area contributed by atoms with Gasteiger partial charge >= 0.3 is 0 Å². The molecule has 0 spiro atoms. The number of hydrogen-bond donors (Lipinski definition) is 2. The van der Waals surface area contributed by atoms with Crippen LogP contribution in [-0.2, 0) is 4.79 Å². The van der Waals surface area contributed by atoms with Crippen LogP contribution in [0.3, 0.4) is 0 Å². The number of amides is 2. The highest BCUT2D eigenvalue weighted by Crippen LogP contribution is 2.52. The summed E-state index contributed by atoms with van der Waals surface area (Å²) in [5.41, 5.74) is 8.87. The number of carbonyl (C=O) groups is 2. The van der Waals surface area contributed by atoms with Crippen LogP contribution in [0.1, 0.15) is 92.4 Å². The minimum atomic E-state index is -0.379. The molecule has 2 aliphatic heterocycles. The first kappa shape index (κ1) is 30.2. The molecule has 0 radical (unpaired) electrons. The second-order valence-corrected chi connectivity index (χ2v) is 10.2. The maximum absolute atomic E-state index is 11.5. The van der Waals surface area contributed by atoms with Crippen LogP contribution in [0.15, 0.2) is 78.9 Å². The van der Waals surface area contributed by atoms with Gasteiger partial charge in [-0.1, -0.05) is 125 Å². The summed E-state index contributed by atoms with van der Waals surface area (Å²) in [5.74, 6) is -0.00540. The van der Waals surface area contributed by atoms with E-state index in [0.717, 1.165) is 35.6 Å². The van der Waals surface area contributed by atoms with Crippen molar-refractivity contribution in [2.45, 2.75) is 70.9 Å². The Morgan fingerprint density at radius 1 is 0.872 bits per heavy atom. The number of likely N-dealkylation sites (tertiary alicyclic amines) is 1. The second kappa shape index (κ2) is 15.9. The summed E-state index contributed by atoms with van der Waals surface area (Å²) in [6, 6.07) is 25.4. The summed E-state index contributed by atoms with van der Waals surface area (Å²) >= 11 is 6.41. The van der Waals surface area contributed by atoms with E-state index in [1.54, 1.807) is 24.3 Å². The molecule has 1 saturated carbocycles. The molecule has 3 aromatic rings. The number of benzene rings is 3. The van der Waals surface area contributed by atoms with Crippen LogP contribution in [0, 0.1) is 5.92 Å². The van der Waals surface area contributed by atoms with Gasteiger partial charge in [-0.3, -0.25) is 9.59 Å². The van der Waals surface area contributed by atoms with E-state index in [-0.39, 0.29) is 18.0 Å². The molecule has 6 rings (SSSR count). The standard InChI is InChI=1S/C18H17ClN2O.C7H7NO.C6H12.C2H6/c19-15-8-4-7-13-17(15)20-16(12-5-2-1-3-6-12)14-9-10-21(11-22)18(13)14;8-7(9)6-4-2-1-3-5-6;1-2-4-6-5-3-1;1-2/h1-8,11,14,16,18,20H,9-10H2;1-5H,(H2,8,9);1-6H2;1-2H3. The third-order valence-corrected chi connectivity index (χ3v) is 7.74. The number of nitrogens with one attached hydrogen (secondary N) is 1. The smallest absolute Gasteiger partial charge is 0.248 e. The van der Waals surface area contributed by atoms with E-state index in [4.69, 9.17) is 17.3 Å². The molecule has 1 aliphatic carbocycles. The molecule has 39 heavy (non-hydrogen) atoms. The van der Waals surface area contributed by atoms with Crippen molar-refractivity contribution in [1.82, 2.24) is 4.90 Å². The van der Waals surface area contributed by atoms with Gasteiger partial charge in [-0.25, -0.2) is 0 Å². The van der Waals surface area contributed by atoms with Crippen LogP contribution < -0.4 is 11.1 Å². The Kier molecular flexibility index (Phi) is 12.4. The summed E-state index contributed by atoms with van der Waals surface area (Å²) in [6.07, 6.45) is 11.0. The van der Waals surface area contributed by atoms with Crippen LogP contribution in [-0.4, -0.2) is 23.8 Å². The molecule has 2 heterocycles. The number of carbonyl (C=O) groups excluding carboxylic acids is 2. The monoisotopic (exact) mass is 547 g/mol. The van der Waals surface area contributed by atoms with Crippen molar-refractivity contribution < 1.29 is 9.59 Å². The summed E-state index contributed by atoms with van der Waals surface area (Å²) in [5, 5.41) is 4.34. The van der Waals surface area contributed by atoms with Crippen molar-refractivity contribution in [2.75, 3.05) is 11.9 Å². The third-order valence-electron chi connectivity index (χ3n) is 7.43. The number of primary amides is 1. The van der Waals surface area contributed by atoms with Gasteiger partial charge in [0.05, 0.1) is 22.8 Å². The summed E-state index contributed by atoms with van der Waals surface area (Å²) in [6.45, 7) is 4.80. The normalized spacial score (nSPS) is 20.6. The van der Waals surface area contributed by atoms with Gasteiger partial charge in [0.25, 0.3) is 0 Å². The number of fused-ring (bicyclic) bond motifs is 3. The van der Waals surface area contributed by atoms with Gasteiger partial charge in [0.15, 0.2) is 0 Å². The van der Waals surface area contributed by atoms with E-state index < -0.39 is 0 Å². The first-order valence-corrected chi connectivity index (χ1v) is 14.6. The fraction of sp³-hybridized carbons (Fsp3) is 0.394. The van der Waals surface area contributed by atoms with Crippen molar-refractivity contribution in [2.24, 2.45) is 11.7 Å². The molecule has 6 heteroatoms. The maximum atomic E-state index is 11.5. The maximum Gasteiger partial charge on any atom is 0.248 e. The summed E-state index contributed by atoms with van der Waals surface area (Å²) in [7, 11) is 0. The van der Waals surface area contributed by atoms with Gasteiger partial charge in [0.1, 0.15) is 0 Å². The molecule has 5 nitrogen and oxygen atoms in total. The Morgan fingerprint density at radius 2 is 1.44 bits per heavy atom. The second-order valence-electron chi connectivity index (χ2n) is 9.83. The van der Waals surface area contributed by atoms with Crippen LogP contribution in [0.25, 0.3) is 0 Å². The highest BCUT2D eigenvalue weighted by atomic mass is 35.5. The van der Waals surface area contributed by atoms with Gasteiger partial charge < -0.3 is 16.0 Å². The molecule has 2 fully saturated rings. The molecule has 3 atom stereocenters. The number of hydrogen-bond acceptors (Lipinski definition) is 3. The highest BCUT2D eigenvalue weighted by Gasteiger charge is 2.44. The lowest BCUT2D eigenvalue weighted by Gasteiger charge is -2.39. The molecule has 0 bridgehead atoms. The average molecular weight is 548 g/mol. The minimum absolute atomic E-state index is 0.109. The lowest BCUT2D eigenvalue weighted by atomic mass is 9.80. The van der Waals surface area contributed by atoms with Crippen molar-refractivity contribution in [3.63, 3.8) is 0 Å². The number of rotatable bonds is 3. The largest absolute Gasteiger partial charge is 0.376 e. The first-order chi connectivity index (χ1) is 19.1. The molecule has 208 valence electrons. The van der Waals surface area contributed by atoms with E-state index in [1.165, 1.54) is 44.1 Å². The molecule has 3 N–H and O–H groups in total. The molecule has 1 saturated heterocycles. The van der Waals surface area contributed by atoms with Gasteiger partial charge in [-0.2, -0.15) is 0 Å². The SMILES string of the molecule is C1CCCCC1.CC.NC(=O)c1ccccc1.O=CN1CCC2C(c3ccccc3)Nc3c(Cl)cccc3C21. The fourth-order valence-electron chi connectivity index (χ4n) is 5.57. The molecule has 3 unspecified atom stereocenters. The van der Waals surface area contributed by atoms with Crippen LogP contribution in [0.4, 0.5) is 5.69 Å². The number of halogens is 1. The van der Waals surface area contributed by atoms with Crippen molar-refractivity contribution in [3.05, 3.63) is 101 Å². The Morgan fingerprint density at radius 3 is 1.95 bits per heavy atom. The molecule has 3 aromatic carbocycles. The van der Waals surface area contributed by atoms with Crippen molar-refractivity contribution >= 4 is 29.6 Å². The highest BCUT2D eigenvalue weighted by molar-refractivity contribution is 6.33. The van der Waals surface area contributed by atoms with Gasteiger partial charge in [0, 0.05) is 18.0 Å². The Balaban J connectivity index is 0.000000203. The van der Waals surface area contributed by atoms with Gasteiger partial charge in [0.2, 0.25) is 12.3 Å². The topological polar surface area (TPSA) is 75.4 Å². The zero-order valence-corrected chi connectivity index (χ0v) is 23.9. The van der Waals surface area contributed by atoms with E-state index in [9.17, 15) is 9.59 Å². The van der Waals surface area contributed by atoms with E-state index >= 15 is 0 Å². The quantitative estimate of drug-likeness (QED) is 0.324. The predicted octanol–water partition coefficient (Wildman–Crippen LogP) is 8.18. The van der Waals surface area contributed by atoms with Crippen LogP contribution in [0.5, 0.6) is 0 Å². The Labute approximate surface area is 238 Å². The lowest BCUT2D eigenvalue weighted by molar-refractivity contribution is -0.119. The molecule has 3 aliphatic rings. The zero-order valence-electron chi connectivity index (χ0n) is 23.2. The van der Waals surface area contributed by atoms with Crippen molar-refractivity contribution in [1.29, 1.82) is 0 Å². The summed E-state index contributed by atoms with van der Waals surface area (Å²) in [4.78, 5) is 23.8. The van der Waals surface area contributed by atoms with Crippen LogP contribution in [0.2, 0.25) is 5.02 Å². The third kappa shape index (κ3) is 8.09. The van der Waals surface area contributed by atoms with E-state index in [2.05, 4.69) is 35.6 Å². The number of anilines is 1. The number of nitrogens with zero attached hydrogens (tertiary/aromatic N) is 1. The van der Waals surface area contributed by atoms with E-state index in [0.29, 0.717) is 11.5 Å². The van der Waals surface area contributed by atoms with E-state index in [1.807, 2.05) is 43.0 Å². The van der Waals surface area contributed by atoms with Gasteiger partial charge in [-0.05, 0) is 35.7 Å². The summed E-state index contributed by atoms with van der Waals surface area (Å²) < 4.78 is 0. The number of nitrogens with two attached hydrogens (primary N) is 1. The zero-order chi connectivity index (χ0) is 28.0. The average Bonchev–Trinajstić information content (AvgIpc) is 3.45.